The summed E-state index contributed by atoms with van der Waals surface area (Å²) in [5, 5.41) is 14.0. The fraction of sp³-hybridized carbons (Fsp3) is 0.185. The van der Waals surface area contributed by atoms with Crippen LogP contribution in [-0.4, -0.2) is 21.6 Å². The van der Waals surface area contributed by atoms with Crippen LogP contribution < -0.4 is 5.32 Å². The maximum atomic E-state index is 9.66. The molecule has 0 aliphatic carbocycles. The summed E-state index contributed by atoms with van der Waals surface area (Å²) in [6.07, 6.45) is 1.84. The van der Waals surface area contributed by atoms with Crippen molar-refractivity contribution in [2.45, 2.75) is 25.5 Å². The zero-order valence-electron chi connectivity index (χ0n) is 18.2. The number of thiocarbonyl (C=S) groups is 1. The van der Waals surface area contributed by atoms with Crippen molar-refractivity contribution in [1.29, 1.82) is 5.26 Å². The van der Waals surface area contributed by atoms with Crippen molar-refractivity contribution in [3.8, 4) is 17.3 Å². The van der Waals surface area contributed by atoms with Crippen LogP contribution in [0.1, 0.15) is 29.3 Å². The zero-order valence-corrected chi connectivity index (χ0v) is 19.0. The quantitative estimate of drug-likeness (QED) is 0.438. The van der Waals surface area contributed by atoms with Crippen molar-refractivity contribution in [3.05, 3.63) is 95.3 Å². The van der Waals surface area contributed by atoms with Crippen LogP contribution in [-0.2, 0) is 23.3 Å². The van der Waals surface area contributed by atoms with E-state index in [1.807, 2.05) is 67.7 Å². The van der Waals surface area contributed by atoms with Crippen LogP contribution >= 0.6 is 12.2 Å². The highest BCUT2D eigenvalue weighted by atomic mass is 32.1. The minimum Gasteiger partial charge on any atom is -0.375 e. The molecule has 0 fully saturated rings. The molecule has 0 saturated heterocycles. The van der Waals surface area contributed by atoms with E-state index in [0.717, 1.165) is 44.5 Å². The molecule has 0 spiro atoms. The number of nitriles is 1. The van der Waals surface area contributed by atoms with Gasteiger partial charge in [0.1, 0.15) is 10.4 Å². The molecular weight excluding hydrogens is 428 g/mol. The van der Waals surface area contributed by atoms with Gasteiger partial charge in [0.15, 0.2) is 0 Å². The SMILES string of the molecule is C[C@@]1(C#N)COCc2ccc(C(=S)NCc3cc4nc(-c5ccccc5)ccc4cn3)cc21. The molecule has 0 bridgehead atoms. The smallest absolute Gasteiger partial charge is 0.106 e. The first-order valence-electron chi connectivity index (χ1n) is 10.8. The van der Waals surface area contributed by atoms with E-state index >= 15 is 0 Å². The highest BCUT2D eigenvalue weighted by Gasteiger charge is 2.33. The lowest BCUT2D eigenvalue weighted by Crippen LogP contribution is -2.32. The molecule has 2 aromatic heterocycles. The number of nitrogens with zero attached hydrogens (tertiary/aromatic N) is 3. The average molecular weight is 451 g/mol. The Kier molecular flexibility index (Phi) is 5.59. The predicted molar refractivity (Wildman–Crippen MR) is 133 cm³/mol. The molecular formula is C27H22N4OS. The minimum absolute atomic E-state index is 0.388. The van der Waals surface area contributed by atoms with Crippen LogP contribution in [0.2, 0.25) is 0 Å². The number of benzene rings is 2. The second kappa shape index (κ2) is 8.70. The normalized spacial score (nSPS) is 17.2. The number of pyridine rings is 2. The van der Waals surface area contributed by atoms with E-state index in [1.165, 1.54) is 0 Å². The summed E-state index contributed by atoms with van der Waals surface area (Å²) < 4.78 is 5.59. The van der Waals surface area contributed by atoms with E-state index in [9.17, 15) is 5.26 Å². The number of aromatic nitrogens is 2. The van der Waals surface area contributed by atoms with Crippen molar-refractivity contribution in [3.63, 3.8) is 0 Å². The first kappa shape index (κ1) is 21.2. The number of nitrogens with one attached hydrogen (secondary N) is 1. The molecule has 1 N–H and O–H groups in total. The van der Waals surface area contributed by atoms with E-state index in [0.29, 0.717) is 24.7 Å². The third-order valence-corrected chi connectivity index (χ3v) is 6.37. The highest BCUT2D eigenvalue weighted by molar-refractivity contribution is 7.80. The monoisotopic (exact) mass is 450 g/mol. The molecule has 5 nitrogen and oxygen atoms in total. The Morgan fingerprint density at radius 1 is 1.15 bits per heavy atom. The molecule has 1 aliphatic heterocycles. The number of hydrogen-bond acceptors (Lipinski definition) is 5. The highest BCUT2D eigenvalue weighted by Crippen LogP contribution is 2.32. The largest absolute Gasteiger partial charge is 0.375 e. The molecule has 0 saturated carbocycles. The molecule has 33 heavy (non-hydrogen) atoms. The Labute approximate surface area is 198 Å². The van der Waals surface area contributed by atoms with E-state index in [4.69, 9.17) is 21.9 Å². The van der Waals surface area contributed by atoms with Gasteiger partial charge in [-0.2, -0.15) is 5.26 Å². The Balaban J connectivity index is 1.35. The van der Waals surface area contributed by atoms with Gasteiger partial charge in [-0.15, -0.1) is 0 Å². The van der Waals surface area contributed by atoms with Crippen LogP contribution in [0.5, 0.6) is 0 Å². The molecule has 1 aliphatic rings. The Morgan fingerprint density at radius 2 is 2.00 bits per heavy atom. The van der Waals surface area contributed by atoms with Gasteiger partial charge in [-0.25, -0.2) is 4.98 Å². The van der Waals surface area contributed by atoms with Crippen LogP contribution in [0.3, 0.4) is 0 Å². The standard InChI is InChI=1S/C27H22N4OS/c1-27(16-28)17-32-15-21-8-7-19(11-23(21)27)26(33)30-14-22-12-25-20(13-29-22)9-10-24(31-25)18-5-3-2-4-6-18/h2-13H,14-15,17H2,1H3,(H,30,33)/t27-/m1/s1. The number of fused-ring (bicyclic) bond motifs is 2. The van der Waals surface area contributed by atoms with Gasteiger partial charge >= 0.3 is 0 Å². The lowest BCUT2D eigenvalue weighted by molar-refractivity contribution is 0.0759. The fourth-order valence-electron chi connectivity index (χ4n) is 4.09. The second-order valence-electron chi connectivity index (χ2n) is 8.42. The minimum atomic E-state index is -0.665. The van der Waals surface area contributed by atoms with Crippen LogP contribution in [0, 0.1) is 11.3 Å². The van der Waals surface area contributed by atoms with Crippen molar-refractivity contribution in [2.24, 2.45) is 0 Å². The summed E-state index contributed by atoms with van der Waals surface area (Å²) in [5.74, 6) is 0. The van der Waals surface area contributed by atoms with E-state index < -0.39 is 5.41 Å². The molecule has 5 rings (SSSR count). The van der Waals surface area contributed by atoms with E-state index in [2.05, 4.69) is 28.5 Å². The van der Waals surface area contributed by atoms with Gasteiger partial charge in [0.25, 0.3) is 0 Å². The molecule has 0 radical (unpaired) electrons. The van der Waals surface area contributed by atoms with Gasteiger partial charge in [-0.3, -0.25) is 4.98 Å². The Hall–Kier alpha value is -3.66. The lowest BCUT2D eigenvalue weighted by atomic mass is 9.80. The van der Waals surface area contributed by atoms with Crippen molar-refractivity contribution in [1.82, 2.24) is 15.3 Å². The summed E-state index contributed by atoms with van der Waals surface area (Å²) in [7, 11) is 0. The van der Waals surface area contributed by atoms with Gasteiger partial charge in [0, 0.05) is 22.7 Å². The molecule has 1 atom stereocenters. The number of hydrogen-bond donors (Lipinski definition) is 1. The first-order valence-corrected chi connectivity index (χ1v) is 11.2. The second-order valence-corrected chi connectivity index (χ2v) is 8.83. The third kappa shape index (κ3) is 4.21. The topological polar surface area (TPSA) is 70.8 Å². The summed E-state index contributed by atoms with van der Waals surface area (Å²) in [6, 6.07) is 24.6. The summed E-state index contributed by atoms with van der Waals surface area (Å²) >= 11 is 5.65. The molecule has 162 valence electrons. The maximum Gasteiger partial charge on any atom is 0.106 e. The van der Waals surface area contributed by atoms with Crippen LogP contribution in [0.4, 0.5) is 0 Å². The van der Waals surface area contributed by atoms with Crippen molar-refractivity contribution in [2.75, 3.05) is 6.61 Å². The average Bonchev–Trinajstić information content (AvgIpc) is 2.87. The molecule has 6 heteroatoms. The van der Waals surface area contributed by atoms with Crippen molar-refractivity contribution >= 4 is 28.1 Å². The van der Waals surface area contributed by atoms with E-state index in [-0.39, 0.29) is 0 Å². The van der Waals surface area contributed by atoms with Crippen LogP contribution in [0.15, 0.2) is 72.9 Å². The summed E-state index contributed by atoms with van der Waals surface area (Å²) in [5.41, 5.74) is 6.01. The Bertz CT molecular complexity index is 1400. The predicted octanol–water partition coefficient (Wildman–Crippen LogP) is 5.07. The third-order valence-electron chi connectivity index (χ3n) is 5.99. The van der Waals surface area contributed by atoms with Gasteiger partial charge in [0.05, 0.1) is 42.7 Å². The number of rotatable bonds is 4. The zero-order chi connectivity index (χ0) is 22.8. The number of ether oxygens (including phenoxy) is 1. The first-order chi connectivity index (χ1) is 16.1. The summed E-state index contributed by atoms with van der Waals surface area (Å²) in [4.78, 5) is 10.0. The molecule has 3 heterocycles. The van der Waals surface area contributed by atoms with Gasteiger partial charge < -0.3 is 10.1 Å². The van der Waals surface area contributed by atoms with Gasteiger partial charge in [-0.1, -0.05) is 54.7 Å². The summed E-state index contributed by atoms with van der Waals surface area (Å²) in [6.45, 7) is 3.30. The van der Waals surface area contributed by atoms with Crippen LogP contribution in [0.25, 0.3) is 22.2 Å². The molecule has 0 amide bonds. The maximum absolute atomic E-state index is 9.66. The van der Waals surface area contributed by atoms with E-state index in [1.54, 1.807) is 0 Å². The van der Waals surface area contributed by atoms with Gasteiger partial charge in [-0.05, 0) is 42.3 Å². The molecule has 4 aromatic rings. The molecule has 0 unspecified atom stereocenters. The fourth-order valence-corrected chi connectivity index (χ4v) is 4.29. The molecule has 2 aromatic carbocycles. The lowest BCUT2D eigenvalue weighted by Gasteiger charge is -2.30. The van der Waals surface area contributed by atoms with Crippen molar-refractivity contribution < 1.29 is 4.74 Å². The van der Waals surface area contributed by atoms with Gasteiger partial charge in [0.2, 0.25) is 0 Å². The Morgan fingerprint density at radius 3 is 2.82 bits per heavy atom.